The van der Waals surface area contributed by atoms with E-state index in [2.05, 4.69) is 20.8 Å². The number of methoxy groups -OCH3 is 1. The van der Waals surface area contributed by atoms with Crippen LogP contribution in [0.4, 0.5) is 10.5 Å². The summed E-state index contributed by atoms with van der Waals surface area (Å²) in [6, 6.07) is 12.7. The minimum Gasteiger partial charge on any atom is -0.497 e. The summed E-state index contributed by atoms with van der Waals surface area (Å²) in [5.74, 6) is 1.26. The van der Waals surface area contributed by atoms with Gasteiger partial charge in [0.1, 0.15) is 11.5 Å². The van der Waals surface area contributed by atoms with E-state index in [0.717, 1.165) is 28.1 Å². The molecule has 2 amide bonds. The average molecular weight is 410 g/mol. The monoisotopic (exact) mass is 410 g/mol. The molecule has 1 heterocycles. The highest BCUT2D eigenvalue weighted by molar-refractivity contribution is 5.91. The number of aliphatic hydroxyl groups excluding tert-OH is 1. The molecule has 8 heteroatoms. The molecule has 0 bridgehead atoms. The van der Waals surface area contributed by atoms with Crippen molar-refractivity contribution < 1.29 is 19.4 Å². The van der Waals surface area contributed by atoms with Gasteiger partial charge < -0.3 is 25.2 Å². The van der Waals surface area contributed by atoms with Crippen LogP contribution in [0.15, 0.2) is 48.7 Å². The number of hydrogen-bond donors (Lipinski definition) is 4. The number of aromatic amines is 1. The van der Waals surface area contributed by atoms with E-state index >= 15 is 0 Å². The number of H-pyrrole nitrogens is 1. The number of amides is 2. The number of benzene rings is 2. The highest BCUT2D eigenvalue weighted by atomic mass is 16.5. The van der Waals surface area contributed by atoms with Gasteiger partial charge in [0, 0.05) is 31.3 Å². The fraction of sp³-hybridized carbons (Fsp3) is 0.273. The standard InChI is InChI=1S/C22H26N4O4/c1-15-19(14-24-26-15)17-7-8-20(21(12-17)30-10-4-9-27)25-22(28)23-13-16-5-3-6-18(11-16)29-2/h3,5-8,11-12,14,27H,4,9-10,13H2,1-2H3,(H,24,26)(H2,23,25,28). The largest absolute Gasteiger partial charge is 0.497 e. The van der Waals surface area contributed by atoms with Crippen molar-refractivity contribution in [1.82, 2.24) is 15.5 Å². The van der Waals surface area contributed by atoms with E-state index in [1.165, 1.54) is 0 Å². The fourth-order valence-corrected chi connectivity index (χ4v) is 2.94. The van der Waals surface area contributed by atoms with Crippen LogP contribution in [-0.2, 0) is 6.54 Å². The second-order valence-corrected chi connectivity index (χ2v) is 6.68. The molecule has 0 fully saturated rings. The molecule has 0 spiro atoms. The number of rotatable bonds is 9. The fourth-order valence-electron chi connectivity index (χ4n) is 2.94. The summed E-state index contributed by atoms with van der Waals surface area (Å²) in [6.45, 7) is 2.64. The van der Waals surface area contributed by atoms with E-state index in [9.17, 15) is 4.79 Å². The number of aliphatic hydroxyl groups is 1. The molecule has 158 valence electrons. The maximum atomic E-state index is 12.4. The van der Waals surface area contributed by atoms with Crippen molar-refractivity contribution in [2.45, 2.75) is 19.9 Å². The molecule has 0 aliphatic rings. The normalized spacial score (nSPS) is 10.5. The van der Waals surface area contributed by atoms with Gasteiger partial charge in [0.2, 0.25) is 0 Å². The number of hydrogen-bond acceptors (Lipinski definition) is 5. The lowest BCUT2D eigenvalue weighted by molar-refractivity contribution is 0.233. The van der Waals surface area contributed by atoms with Gasteiger partial charge >= 0.3 is 6.03 Å². The van der Waals surface area contributed by atoms with Gasteiger partial charge in [-0.3, -0.25) is 5.10 Å². The zero-order valence-electron chi connectivity index (χ0n) is 17.1. The first-order valence-corrected chi connectivity index (χ1v) is 9.67. The lowest BCUT2D eigenvalue weighted by Crippen LogP contribution is -2.28. The highest BCUT2D eigenvalue weighted by Crippen LogP contribution is 2.32. The number of carbonyl (C=O) groups excluding carboxylic acids is 1. The van der Waals surface area contributed by atoms with Crippen LogP contribution in [0.1, 0.15) is 17.7 Å². The lowest BCUT2D eigenvalue weighted by atomic mass is 10.1. The van der Waals surface area contributed by atoms with Gasteiger partial charge in [-0.1, -0.05) is 18.2 Å². The molecule has 0 aliphatic heterocycles. The smallest absolute Gasteiger partial charge is 0.319 e. The molecule has 8 nitrogen and oxygen atoms in total. The molecule has 0 saturated carbocycles. The Morgan fingerprint density at radius 2 is 2.10 bits per heavy atom. The van der Waals surface area contributed by atoms with Crippen LogP contribution in [0.2, 0.25) is 0 Å². The maximum Gasteiger partial charge on any atom is 0.319 e. The Bertz CT molecular complexity index is 987. The topological polar surface area (TPSA) is 109 Å². The quantitative estimate of drug-likeness (QED) is 0.404. The Labute approximate surface area is 175 Å². The molecule has 2 aromatic carbocycles. The number of aryl methyl sites for hydroxylation is 1. The first kappa shape index (κ1) is 21.2. The van der Waals surface area contributed by atoms with E-state index in [1.54, 1.807) is 13.2 Å². The second kappa shape index (κ2) is 10.3. The zero-order valence-corrected chi connectivity index (χ0v) is 17.1. The maximum absolute atomic E-state index is 12.4. The summed E-state index contributed by atoms with van der Waals surface area (Å²) in [5.41, 5.74) is 4.21. The molecule has 30 heavy (non-hydrogen) atoms. The molecular formula is C22H26N4O4. The van der Waals surface area contributed by atoms with Crippen LogP contribution in [0.5, 0.6) is 11.5 Å². The van der Waals surface area contributed by atoms with Crippen molar-refractivity contribution in [3.63, 3.8) is 0 Å². The van der Waals surface area contributed by atoms with Gasteiger partial charge in [-0.25, -0.2) is 4.79 Å². The minimum absolute atomic E-state index is 0.0321. The molecular weight excluding hydrogens is 384 g/mol. The Kier molecular flexibility index (Phi) is 7.29. The molecule has 1 aromatic heterocycles. The summed E-state index contributed by atoms with van der Waals surface area (Å²) in [5, 5.41) is 21.7. The third kappa shape index (κ3) is 5.51. The number of nitrogens with one attached hydrogen (secondary N) is 3. The lowest BCUT2D eigenvalue weighted by Gasteiger charge is -2.15. The van der Waals surface area contributed by atoms with Gasteiger partial charge in [0.05, 0.1) is 25.1 Å². The van der Waals surface area contributed by atoms with E-state index in [4.69, 9.17) is 14.6 Å². The summed E-state index contributed by atoms with van der Waals surface area (Å²) in [7, 11) is 1.60. The molecule has 0 aliphatic carbocycles. The molecule has 0 unspecified atom stereocenters. The zero-order chi connectivity index (χ0) is 21.3. The SMILES string of the molecule is COc1cccc(CNC(=O)Nc2ccc(-c3c[nH]nc3C)cc2OCCCO)c1. The van der Waals surface area contributed by atoms with E-state index in [-0.39, 0.29) is 12.6 Å². The highest BCUT2D eigenvalue weighted by Gasteiger charge is 2.12. The molecule has 3 rings (SSSR count). The van der Waals surface area contributed by atoms with Crippen LogP contribution in [0, 0.1) is 6.92 Å². The predicted octanol–water partition coefficient (Wildman–Crippen LogP) is 3.48. The predicted molar refractivity (Wildman–Crippen MR) is 115 cm³/mol. The molecule has 0 saturated heterocycles. The van der Waals surface area contributed by atoms with E-state index < -0.39 is 0 Å². The Morgan fingerprint density at radius 3 is 2.83 bits per heavy atom. The minimum atomic E-state index is -0.350. The van der Waals surface area contributed by atoms with E-state index in [0.29, 0.717) is 31.0 Å². The third-order valence-corrected chi connectivity index (χ3v) is 4.52. The number of aromatic nitrogens is 2. The molecule has 0 radical (unpaired) electrons. The molecule has 4 N–H and O–H groups in total. The molecule has 3 aromatic rings. The number of anilines is 1. The third-order valence-electron chi connectivity index (χ3n) is 4.52. The van der Waals surface area contributed by atoms with Crippen molar-refractivity contribution in [2.75, 3.05) is 25.6 Å². The number of nitrogens with zero attached hydrogens (tertiary/aromatic N) is 1. The van der Waals surface area contributed by atoms with Crippen molar-refractivity contribution in [1.29, 1.82) is 0 Å². The van der Waals surface area contributed by atoms with Crippen molar-refractivity contribution >= 4 is 11.7 Å². The summed E-state index contributed by atoms with van der Waals surface area (Å²) < 4.78 is 11.0. The van der Waals surface area contributed by atoms with Gasteiger partial charge in [-0.05, 0) is 42.3 Å². The molecule has 0 atom stereocenters. The van der Waals surface area contributed by atoms with Crippen LogP contribution in [0.25, 0.3) is 11.1 Å². The van der Waals surface area contributed by atoms with Gasteiger partial charge in [-0.2, -0.15) is 5.10 Å². The average Bonchev–Trinajstić information content (AvgIpc) is 3.19. The number of ether oxygens (including phenoxy) is 2. The summed E-state index contributed by atoms with van der Waals surface area (Å²) >= 11 is 0. The number of carbonyl (C=O) groups is 1. The summed E-state index contributed by atoms with van der Waals surface area (Å²) in [6.07, 6.45) is 2.31. The first-order valence-electron chi connectivity index (χ1n) is 9.67. The number of urea groups is 1. The van der Waals surface area contributed by atoms with Crippen LogP contribution in [0.3, 0.4) is 0 Å². The summed E-state index contributed by atoms with van der Waals surface area (Å²) in [4.78, 5) is 12.4. The van der Waals surface area contributed by atoms with Crippen LogP contribution in [-0.4, -0.2) is 41.7 Å². The second-order valence-electron chi connectivity index (χ2n) is 6.68. The van der Waals surface area contributed by atoms with Crippen molar-refractivity contribution in [2.24, 2.45) is 0 Å². The Balaban J connectivity index is 1.71. The van der Waals surface area contributed by atoms with Crippen LogP contribution < -0.4 is 20.1 Å². The Morgan fingerprint density at radius 1 is 1.23 bits per heavy atom. The Hall–Kier alpha value is -3.52. The first-order chi connectivity index (χ1) is 14.6. The van der Waals surface area contributed by atoms with Crippen LogP contribution >= 0.6 is 0 Å². The van der Waals surface area contributed by atoms with Crippen molar-refractivity contribution in [3.05, 3.63) is 59.9 Å². The van der Waals surface area contributed by atoms with Gasteiger partial charge in [0.15, 0.2) is 0 Å². The van der Waals surface area contributed by atoms with Crippen molar-refractivity contribution in [3.8, 4) is 22.6 Å². The van der Waals surface area contributed by atoms with Gasteiger partial charge in [-0.15, -0.1) is 0 Å². The van der Waals surface area contributed by atoms with E-state index in [1.807, 2.05) is 49.5 Å². The van der Waals surface area contributed by atoms with Gasteiger partial charge in [0.25, 0.3) is 0 Å².